The first kappa shape index (κ1) is 18.7. The summed E-state index contributed by atoms with van der Waals surface area (Å²) in [6, 6.07) is -0.476. The van der Waals surface area contributed by atoms with E-state index in [9.17, 15) is 15.2 Å². The zero-order valence-corrected chi connectivity index (χ0v) is 16.5. The van der Waals surface area contributed by atoms with Gasteiger partial charge in [0, 0.05) is 23.4 Å². The third kappa shape index (κ3) is 2.56. The van der Waals surface area contributed by atoms with Crippen molar-refractivity contribution in [3.05, 3.63) is 10.1 Å². The molecule has 0 spiro atoms. The second-order valence-corrected chi connectivity index (χ2v) is 10.1. The first-order valence-electron chi connectivity index (χ1n) is 10.7. The van der Waals surface area contributed by atoms with Gasteiger partial charge in [0.15, 0.2) is 0 Å². The van der Waals surface area contributed by atoms with Crippen molar-refractivity contribution in [1.82, 2.24) is 0 Å². The van der Waals surface area contributed by atoms with E-state index in [1.54, 1.807) is 0 Å². The van der Waals surface area contributed by atoms with Gasteiger partial charge in [-0.15, -0.1) is 0 Å². The average Bonchev–Trinajstić information content (AvgIpc) is 2.90. The van der Waals surface area contributed by atoms with Crippen LogP contribution in [0, 0.1) is 44.6 Å². The highest BCUT2D eigenvalue weighted by Gasteiger charge is 2.66. The van der Waals surface area contributed by atoms with Crippen molar-refractivity contribution in [3.63, 3.8) is 0 Å². The lowest BCUT2D eigenvalue weighted by Crippen LogP contribution is -2.60. The predicted octanol–water partition coefficient (Wildman–Crippen LogP) is 4.05. The molecule has 9 atom stereocenters. The van der Waals surface area contributed by atoms with Crippen LogP contribution in [-0.2, 0) is 4.74 Å². The average molecular weight is 366 g/mol. The molecule has 9 unspecified atom stereocenters. The second-order valence-electron chi connectivity index (χ2n) is 10.1. The highest BCUT2D eigenvalue weighted by atomic mass is 16.6. The van der Waals surface area contributed by atoms with Crippen LogP contribution in [-0.4, -0.2) is 34.9 Å². The molecule has 0 aromatic carbocycles. The second kappa shape index (κ2) is 6.44. The molecule has 4 rings (SSSR count). The quantitative estimate of drug-likeness (QED) is 0.605. The molecule has 0 aromatic heterocycles. The minimum Gasteiger partial charge on any atom is -0.393 e. The number of aliphatic hydroxyl groups is 1. The molecule has 0 aliphatic heterocycles. The molecule has 0 heterocycles. The summed E-state index contributed by atoms with van der Waals surface area (Å²) in [5.41, 5.74) is -0.213. The van der Waals surface area contributed by atoms with Crippen LogP contribution in [0.4, 0.5) is 0 Å². The molecule has 4 aliphatic carbocycles. The summed E-state index contributed by atoms with van der Waals surface area (Å²) in [6.07, 6.45) is 7.92. The fourth-order valence-corrected chi connectivity index (χ4v) is 8.13. The van der Waals surface area contributed by atoms with Crippen LogP contribution < -0.4 is 0 Å². The predicted molar refractivity (Wildman–Crippen MR) is 99.3 cm³/mol. The lowest BCUT2D eigenvalue weighted by Gasteiger charge is -2.61. The third-order valence-electron chi connectivity index (χ3n) is 9.11. The topological polar surface area (TPSA) is 72.6 Å². The van der Waals surface area contributed by atoms with Crippen molar-refractivity contribution in [1.29, 1.82) is 0 Å². The van der Waals surface area contributed by atoms with Gasteiger partial charge >= 0.3 is 0 Å². The van der Waals surface area contributed by atoms with Crippen molar-refractivity contribution in [2.45, 2.75) is 90.4 Å². The Kier molecular flexibility index (Phi) is 4.62. The number of fused-ring (bicyclic) bond motifs is 5. The summed E-state index contributed by atoms with van der Waals surface area (Å²) >= 11 is 0. The number of aliphatic hydroxyl groups excluding tert-OH is 1. The van der Waals surface area contributed by atoms with Gasteiger partial charge in [-0.1, -0.05) is 13.8 Å². The number of hydrogen-bond acceptors (Lipinski definition) is 4. The summed E-state index contributed by atoms with van der Waals surface area (Å²) in [5.74, 6) is 1.80. The van der Waals surface area contributed by atoms with Gasteiger partial charge in [0.25, 0.3) is 0 Å². The number of ether oxygens (including phenoxy) is 1. The molecule has 4 fully saturated rings. The SMILES string of the molecule is CCOC1CCC2CCC3C4CCC([N+](=O)[O-])C4(C)CC(O)C3C2(C)C1. The van der Waals surface area contributed by atoms with Crippen LogP contribution in [0.5, 0.6) is 0 Å². The number of nitrogens with zero attached hydrogens (tertiary/aromatic N) is 1. The lowest BCUT2D eigenvalue weighted by molar-refractivity contribution is -0.541. The van der Waals surface area contributed by atoms with E-state index in [4.69, 9.17) is 4.74 Å². The van der Waals surface area contributed by atoms with Crippen LogP contribution >= 0.6 is 0 Å². The van der Waals surface area contributed by atoms with Crippen molar-refractivity contribution >= 4 is 0 Å². The largest absolute Gasteiger partial charge is 0.393 e. The van der Waals surface area contributed by atoms with E-state index in [0.29, 0.717) is 36.7 Å². The molecular weight excluding hydrogens is 330 g/mol. The molecule has 0 amide bonds. The fraction of sp³-hybridized carbons (Fsp3) is 1.00. The highest BCUT2D eigenvalue weighted by Crippen LogP contribution is 2.66. The van der Waals surface area contributed by atoms with E-state index in [1.165, 1.54) is 12.8 Å². The van der Waals surface area contributed by atoms with Gasteiger partial charge in [-0.2, -0.15) is 0 Å². The Hall–Kier alpha value is -0.680. The molecule has 0 bridgehead atoms. The zero-order chi connectivity index (χ0) is 18.7. The Morgan fingerprint density at radius 3 is 2.50 bits per heavy atom. The maximum absolute atomic E-state index is 11.6. The van der Waals surface area contributed by atoms with E-state index < -0.39 is 12.1 Å². The molecule has 1 N–H and O–H groups in total. The Morgan fingerprint density at radius 1 is 1.08 bits per heavy atom. The summed E-state index contributed by atoms with van der Waals surface area (Å²) in [5, 5.41) is 22.9. The fourth-order valence-electron chi connectivity index (χ4n) is 8.13. The van der Waals surface area contributed by atoms with Crippen LogP contribution in [0.25, 0.3) is 0 Å². The van der Waals surface area contributed by atoms with Crippen molar-refractivity contribution < 1.29 is 14.8 Å². The maximum atomic E-state index is 11.6. The number of rotatable bonds is 3. The zero-order valence-electron chi connectivity index (χ0n) is 16.5. The van der Waals surface area contributed by atoms with Crippen LogP contribution in [0.1, 0.15) is 72.1 Å². The smallest absolute Gasteiger partial charge is 0.218 e. The van der Waals surface area contributed by atoms with Crippen LogP contribution in [0.3, 0.4) is 0 Å². The summed E-state index contributed by atoms with van der Waals surface area (Å²) in [6.45, 7) is 7.31. The number of nitro groups is 1. The lowest BCUT2D eigenvalue weighted by atomic mass is 9.44. The van der Waals surface area contributed by atoms with E-state index >= 15 is 0 Å². The Morgan fingerprint density at radius 2 is 1.81 bits per heavy atom. The van der Waals surface area contributed by atoms with E-state index in [1.807, 2.05) is 0 Å². The molecule has 5 nitrogen and oxygen atoms in total. The standard InChI is InChI=1S/C21H35NO4/c1-4-26-14-7-5-13-6-8-15-16-9-10-18(22(24)25)21(16,3)12-17(23)19(15)20(13,2)11-14/h13-19,23H,4-12H2,1-3H3. The molecule has 5 heteroatoms. The summed E-state index contributed by atoms with van der Waals surface area (Å²) < 4.78 is 6.00. The Labute approximate surface area is 157 Å². The van der Waals surface area contributed by atoms with Crippen molar-refractivity contribution in [3.8, 4) is 0 Å². The number of hydrogen-bond donors (Lipinski definition) is 1. The van der Waals surface area contributed by atoms with Gasteiger partial charge in [0.05, 0.1) is 12.2 Å². The van der Waals surface area contributed by atoms with Gasteiger partial charge in [0.1, 0.15) is 0 Å². The molecule has 4 saturated carbocycles. The highest BCUT2D eigenvalue weighted by molar-refractivity contribution is 5.12. The molecule has 0 radical (unpaired) electrons. The Bertz CT molecular complexity index is 568. The van der Waals surface area contributed by atoms with Crippen LogP contribution in [0.15, 0.2) is 0 Å². The molecule has 4 aliphatic rings. The van der Waals surface area contributed by atoms with Gasteiger partial charge in [-0.25, -0.2) is 0 Å². The molecule has 148 valence electrons. The third-order valence-corrected chi connectivity index (χ3v) is 9.11. The van der Waals surface area contributed by atoms with E-state index in [-0.39, 0.29) is 21.7 Å². The van der Waals surface area contributed by atoms with Gasteiger partial charge in [0.2, 0.25) is 6.04 Å². The minimum atomic E-state index is -0.476. The minimum absolute atomic E-state index is 0.0634. The maximum Gasteiger partial charge on any atom is 0.218 e. The van der Waals surface area contributed by atoms with Crippen LogP contribution in [0.2, 0.25) is 0 Å². The first-order chi connectivity index (χ1) is 12.3. The summed E-state index contributed by atoms with van der Waals surface area (Å²) in [4.78, 5) is 11.6. The van der Waals surface area contributed by atoms with E-state index in [0.717, 1.165) is 32.3 Å². The molecule has 0 aromatic rings. The monoisotopic (exact) mass is 365 g/mol. The molecular formula is C21H35NO4. The van der Waals surface area contributed by atoms with Gasteiger partial charge in [-0.05, 0) is 81.0 Å². The normalized spacial score (nSPS) is 53.5. The first-order valence-corrected chi connectivity index (χ1v) is 10.7. The Balaban J connectivity index is 1.64. The van der Waals surface area contributed by atoms with Gasteiger partial charge in [-0.3, -0.25) is 10.1 Å². The molecule has 26 heavy (non-hydrogen) atoms. The summed E-state index contributed by atoms with van der Waals surface area (Å²) in [7, 11) is 0. The van der Waals surface area contributed by atoms with Crippen molar-refractivity contribution in [2.75, 3.05) is 6.61 Å². The van der Waals surface area contributed by atoms with Gasteiger partial charge < -0.3 is 9.84 Å². The van der Waals surface area contributed by atoms with Crippen molar-refractivity contribution in [2.24, 2.45) is 34.5 Å². The molecule has 0 saturated heterocycles. The van der Waals surface area contributed by atoms with E-state index in [2.05, 4.69) is 20.8 Å².